The van der Waals surface area contributed by atoms with Crippen LogP contribution in [0.3, 0.4) is 0 Å². The van der Waals surface area contributed by atoms with Crippen LogP contribution in [0, 0.1) is 5.92 Å². The van der Waals surface area contributed by atoms with Crippen LogP contribution in [0.25, 0.3) is 12.2 Å². The summed E-state index contributed by atoms with van der Waals surface area (Å²) in [5.41, 5.74) is 8.20. The number of rotatable bonds is 16. The second-order valence-corrected chi connectivity index (χ2v) is 15.0. The zero-order valence-electron chi connectivity index (χ0n) is 32.9. The molecule has 4 aromatic heterocycles. The first kappa shape index (κ1) is 45.0. The molecular formula is C44H50F6N6O3. The predicted molar refractivity (Wildman–Crippen MR) is 211 cm³/mol. The highest BCUT2D eigenvalue weighted by atomic mass is 19.4. The first-order valence-electron chi connectivity index (χ1n) is 20.2. The van der Waals surface area contributed by atoms with Crippen molar-refractivity contribution in [3.8, 4) is 0 Å². The van der Waals surface area contributed by atoms with E-state index in [-0.39, 0.29) is 12.3 Å². The number of aliphatic carboxylic acids is 1. The molecule has 6 rings (SSSR count). The van der Waals surface area contributed by atoms with Crippen LogP contribution in [-0.2, 0) is 55.7 Å². The topological polar surface area (TPSA) is 135 Å². The minimum absolute atomic E-state index is 0.0327. The second kappa shape index (κ2) is 21.8. The number of hydrogen-bond donors (Lipinski definition) is 2. The fourth-order valence-corrected chi connectivity index (χ4v) is 7.10. The normalized spacial score (nSPS) is 15.3. The van der Waals surface area contributed by atoms with E-state index in [1.807, 2.05) is 0 Å². The van der Waals surface area contributed by atoms with Crippen molar-refractivity contribution in [1.82, 2.24) is 29.9 Å². The number of hydrogen-bond acceptors (Lipinski definition) is 8. The fourth-order valence-electron chi connectivity index (χ4n) is 7.10. The number of pyridine rings is 2. The summed E-state index contributed by atoms with van der Waals surface area (Å²) >= 11 is 0. The van der Waals surface area contributed by atoms with Crippen LogP contribution in [0.5, 0.6) is 0 Å². The van der Waals surface area contributed by atoms with Gasteiger partial charge in [-0.25, -0.2) is 19.9 Å². The molecule has 15 heteroatoms. The Balaban J connectivity index is 0.000000225. The lowest BCUT2D eigenvalue weighted by molar-refractivity contribution is -0.145. The summed E-state index contributed by atoms with van der Waals surface area (Å²) in [5, 5.41) is 19.2. The molecule has 2 N–H and O–H groups in total. The summed E-state index contributed by atoms with van der Waals surface area (Å²) < 4.78 is 74.9. The van der Waals surface area contributed by atoms with Gasteiger partial charge in [0.25, 0.3) is 0 Å². The molecule has 0 amide bonds. The monoisotopic (exact) mass is 824 g/mol. The van der Waals surface area contributed by atoms with Crippen LogP contribution < -0.4 is 0 Å². The first-order chi connectivity index (χ1) is 28.2. The number of carboxylic acids is 1. The molecule has 4 heterocycles. The van der Waals surface area contributed by atoms with Crippen molar-refractivity contribution >= 4 is 18.1 Å². The summed E-state index contributed by atoms with van der Waals surface area (Å²) in [5.74, 6) is -3.48. The maximum atomic E-state index is 12.5. The van der Waals surface area contributed by atoms with Crippen molar-refractivity contribution in [3.63, 3.8) is 0 Å². The fraction of sp³-hybridized carbons (Fsp3) is 0.477. The average molecular weight is 825 g/mol. The highest BCUT2D eigenvalue weighted by Gasteiger charge is 2.35. The third kappa shape index (κ3) is 15.2. The molecule has 2 aliphatic rings. The van der Waals surface area contributed by atoms with Crippen molar-refractivity contribution in [2.75, 3.05) is 0 Å². The Morgan fingerprint density at radius 1 is 0.627 bits per heavy atom. The average Bonchev–Trinajstić information content (AvgIpc) is 3.22. The van der Waals surface area contributed by atoms with Gasteiger partial charge in [-0.1, -0.05) is 49.3 Å². The molecule has 59 heavy (non-hydrogen) atoms. The Morgan fingerprint density at radius 2 is 1.07 bits per heavy atom. The molecule has 0 aromatic carbocycles. The van der Waals surface area contributed by atoms with Gasteiger partial charge in [0.05, 0.1) is 12.5 Å². The SMILES string of the molecule is O=C(O)CC(/C=C/c1cnc(C(F)(F)F)nc1)CCCCc1ccc2c(n1)CCCC2.OC(/C=C/c1cnc(C(F)(F)F)nc1)CCCCc1ccc2c(n1)CCCC2. The van der Waals surface area contributed by atoms with Gasteiger partial charge in [0.2, 0.25) is 11.6 Å². The largest absolute Gasteiger partial charge is 0.481 e. The van der Waals surface area contributed by atoms with Gasteiger partial charge >= 0.3 is 18.3 Å². The van der Waals surface area contributed by atoms with Gasteiger partial charge in [-0.3, -0.25) is 14.8 Å². The molecule has 0 spiro atoms. The molecule has 0 saturated heterocycles. The van der Waals surface area contributed by atoms with E-state index in [2.05, 4.69) is 44.2 Å². The number of unbranched alkanes of at least 4 members (excludes halogenated alkanes) is 2. The van der Waals surface area contributed by atoms with E-state index in [9.17, 15) is 36.2 Å². The Morgan fingerprint density at radius 3 is 1.53 bits per heavy atom. The number of fused-ring (bicyclic) bond motifs is 2. The number of aliphatic hydroxyl groups is 1. The molecular weight excluding hydrogens is 775 g/mol. The van der Waals surface area contributed by atoms with Crippen LogP contribution in [0.1, 0.15) is 127 Å². The zero-order valence-corrected chi connectivity index (χ0v) is 32.9. The number of aryl methyl sites for hydroxylation is 6. The number of allylic oxidation sites excluding steroid dienone is 1. The summed E-state index contributed by atoms with van der Waals surface area (Å²) in [7, 11) is 0. The Hall–Kier alpha value is -5.05. The van der Waals surface area contributed by atoms with Crippen molar-refractivity contribution in [2.24, 2.45) is 5.92 Å². The summed E-state index contributed by atoms with van der Waals surface area (Å²) in [6, 6.07) is 8.56. The lowest BCUT2D eigenvalue weighted by atomic mass is 9.94. The van der Waals surface area contributed by atoms with Crippen LogP contribution in [-0.4, -0.2) is 52.2 Å². The molecule has 2 atom stereocenters. The number of nitrogens with zero attached hydrogens (tertiary/aromatic N) is 6. The van der Waals surface area contributed by atoms with Crippen LogP contribution in [0.2, 0.25) is 0 Å². The predicted octanol–water partition coefficient (Wildman–Crippen LogP) is 9.84. The number of aromatic nitrogens is 6. The Labute approximate surface area is 340 Å². The van der Waals surface area contributed by atoms with Crippen molar-refractivity contribution in [3.05, 3.63) is 118 Å². The van der Waals surface area contributed by atoms with Gasteiger partial charge < -0.3 is 10.2 Å². The van der Waals surface area contributed by atoms with Gasteiger partial charge in [-0.05, 0) is 119 Å². The third-order valence-electron chi connectivity index (χ3n) is 10.3. The number of carbonyl (C=O) groups is 1. The molecule has 4 aromatic rings. The molecule has 316 valence electrons. The maximum absolute atomic E-state index is 12.5. The highest BCUT2D eigenvalue weighted by Crippen LogP contribution is 2.27. The number of carboxylic acid groups (broad SMARTS) is 1. The Bertz CT molecular complexity index is 2000. The molecule has 0 fully saturated rings. The molecule has 0 aliphatic heterocycles. The van der Waals surface area contributed by atoms with Gasteiger partial charge in [0, 0.05) is 58.7 Å². The first-order valence-corrected chi connectivity index (χ1v) is 20.2. The van der Waals surface area contributed by atoms with Gasteiger partial charge in [0.15, 0.2) is 0 Å². The molecule has 2 aliphatic carbocycles. The van der Waals surface area contributed by atoms with Crippen LogP contribution >= 0.6 is 0 Å². The molecule has 2 unspecified atom stereocenters. The summed E-state index contributed by atoms with van der Waals surface area (Å²) in [6.45, 7) is 0. The van der Waals surface area contributed by atoms with Crippen LogP contribution in [0.15, 0.2) is 61.2 Å². The maximum Gasteiger partial charge on any atom is 0.451 e. The van der Waals surface area contributed by atoms with E-state index in [1.165, 1.54) is 54.3 Å². The van der Waals surface area contributed by atoms with Gasteiger partial charge in [-0.15, -0.1) is 0 Å². The lowest BCUT2D eigenvalue weighted by Gasteiger charge is -2.15. The molecule has 0 bridgehead atoms. The minimum Gasteiger partial charge on any atom is -0.481 e. The van der Waals surface area contributed by atoms with E-state index in [0.29, 0.717) is 24.0 Å². The number of aliphatic hydroxyl groups excluding tert-OH is 1. The van der Waals surface area contributed by atoms with Gasteiger partial charge in [0.1, 0.15) is 0 Å². The molecule has 0 radical (unpaired) electrons. The van der Waals surface area contributed by atoms with E-state index in [4.69, 9.17) is 15.1 Å². The lowest BCUT2D eigenvalue weighted by Crippen LogP contribution is -2.10. The highest BCUT2D eigenvalue weighted by molar-refractivity contribution is 5.67. The molecule has 9 nitrogen and oxygen atoms in total. The number of alkyl halides is 6. The third-order valence-corrected chi connectivity index (χ3v) is 10.3. The van der Waals surface area contributed by atoms with Crippen molar-refractivity contribution in [1.29, 1.82) is 0 Å². The van der Waals surface area contributed by atoms with Crippen LogP contribution in [0.4, 0.5) is 26.3 Å². The van der Waals surface area contributed by atoms with E-state index in [0.717, 1.165) is 100 Å². The summed E-state index contributed by atoms with van der Waals surface area (Å²) in [4.78, 5) is 33.9. The number of halogens is 6. The zero-order chi connectivity index (χ0) is 42.3. The smallest absolute Gasteiger partial charge is 0.451 e. The molecule has 0 saturated carbocycles. The second-order valence-electron chi connectivity index (χ2n) is 15.0. The Kier molecular flexibility index (Phi) is 16.6. The van der Waals surface area contributed by atoms with Crippen molar-refractivity contribution in [2.45, 2.75) is 128 Å². The van der Waals surface area contributed by atoms with E-state index >= 15 is 0 Å². The van der Waals surface area contributed by atoms with Crippen molar-refractivity contribution < 1.29 is 41.4 Å². The van der Waals surface area contributed by atoms with Gasteiger partial charge in [-0.2, -0.15) is 26.3 Å². The summed E-state index contributed by atoms with van der Waals surface area (Å²) in [6.07, 6.45) is 16.7. The minimum atomic E-state index is -4.58. The van der Waals surface area contributed by atoms with E-state index < -0.39 is 36.1 Å². The standard InChI is InChI=1S/C23H26F3N3O2.C21H24F3N3O/c24-23(25,26)22-27-14-17(15-28-22)10-9-16(13-21(30)31)5-1-3-7-19-12-11-18-6-2-4-8-20(18)29-19;22-21(23,24)20-25-13-15(14-26-20)9-12-18(28)7-3-2-6-17-11-10-16-5-1-4-8-19(16)27-17/h9-12,14-16H,1-8,13H2,(H,30,31);9-14,18,28H,1-8H2/b10-9+;12-9+. The van der Waals surface area contributed by atoms with E-state index in [1.54, 1.807) is 18.2 Å². The quantitative estimate of drug-likeness (QED) is 0.0837.